The van der Waals surface area contributed by atoms with Gasteiger partial charge in [-0.2, -0.15) is 0 Å². The number of rotatable bonds is 4. The number of benzene rings is 2. The zero-order valence-corrected chi connectivity index (χ0v) is 13.3. The van der Waals surface area contributed by atoms with E-state index >= 15 is 0 Å². The molecule has 0 saturated carbocycles. The second-order valence-electron chi connectivity index (χ2n) is 6.17. The fourth-order valence-electron chi connectivity index (χ4n) is 2.98. The van der Waals surface area contributed by atoms with Gasteiger partial charge in [0.1, 0.15) is 11.6 Å². The highest BCUT2D eigenvalue weighted by molar-refractivity contribution is 5.92. The molecule has 0 aliphatic carbocycles. The molecule has 1 amide bonds. The molecule has 1 heterocycles. The van der Waals surface area contributed by atoms with E-state index in [0.717, 1.165) is 38.0 Å². The predicted octanol–water partition coefficient (Wildman–Crippen LogP) is 3.82. The van der Waals surface area contributed by atoms with Crippen molar-refractivity contribution in [1.82, 2.24) is 4.90 Å². The molecule has 5 heteroatoms. The first kappa shape index (κ1) is 16.6. The molecular formula is C19H20F2N2O. The molecule has 126 valence electrons. The highest BCUT2D eigenvalue weighted by Crippen LogP contribution is 2.21. The molecule has 2 aromatic rings. The summed E-state index contributed by atoms with van der Waals surface area (Å²) in [6.07, 6.45) is 1.57. The van der Waals surface area contributed by atoms with Gasteiger partial charge in [-0.1, -0.05) is 12.1 Å². The number of amides is 1. The maximum absolute atomic E-state index is 12.9. The maximum Gasteiger partial charge on any atom is 0.227 e. The van der Waals surface area contributed by atoms with E-state index in [1.165, 1.54) is 24.3 Å². The molecule has 24 heavy (non-hydrogen) atoms. The average Bonchev–Trinajstić information content (AvgIpc) is 2.59. The molecule has 1 saturated heterocycles. The zero-order valence-electron chi connectivity index (χ0n) is 13.3. The topological polar surface area (TPSA) is 32.3 Å². The lowest BCUT2D eigenvalue weighted by Gasteiger charge is -2.31. The Hall–Kier alpha value is -2.27. The summed E-state index contributed by atoms with van der Waals surface area (Å²) in [6.45, 7) is 2.43. The van der Waals surface area contributed by atoms with Crippen molar-refractivity contribution in [2.45, 2.75) is 19.4 Å². The largest absolute Gasteiger partial charge is 0.326 e. The van der Waals surface area contributed by atoms with Gasteiger partial charge >= 0.3 is 0 Å². The van der Waals surface area contributed by atoms with Gasteiger partial charge < -0.3 is 5.32 Å². The van der Waals surface area contributed by atoms with Gasteiger partial charge in [-0.25, -0.2) is 8.78 Å². The molecule has 0 spiro atoms. The van der Waals surface area contributed by atoms with Crippen LogP contribution in [-0.4, -0.2) is 23.9 Å². The number of nitrogens with zero attached hydrogens (tertiary/aromatic N) is 1. The Morgan fingerprint density at radius 2 is 1.50 bits per heavy atom. The number of piperidine rings is 1. The van der Waals surface area contributed by atoms with Gasteiger partial charge in [-0.05, 0) is 67.9 Å². The third-order valence-electron chi connectivity index (χ3n) is 4.39. The van der Waals surface area contributed by atoms with E-state index in [4.69, 9.17) is 0 Å². The monoisotopic (exact) mass is 330 g/mol. The number of nitrogens with one attached hydrogen (secondary N) is 1. The van der Waals surface area contributed by atoms with Gasteiger partial charge in [-0.15, -0.1) is 0 Å². The molecule has 3 rings (SSSR count). The molecule has 1 fully saturated rings. The number of anilines is 1. The van der Waals surface area contributed by atoms with Crippen molar-refractivity contribution in [2.75, 3.05) is 18.4 Å². The van der Waals surface area contributed by atoms with Crippen LogP contribution in [0.15, 0.2) is 48.5 Å². The summed E-state index contributed by atoms with van der Waals surface area (Å²) in [5.74, 6) is -0.584. The van der Waals surface area contributed by atoms with Crippen molar-refractivity contribution in [3.8, 4) is 0 Å². The quantitative estimate of drug-likeness (QED) is 0.924. The van der Waals surface area contributed by atoms with Crippen molar-refractivity contribution >= 4 is 11.6 Å². The molecule has 0 atom stereocenters. The minimum Gasteiger partial charge on any atom is -0.326 e. The fourth-order valence-corrected chi connectivity index (χ4v) is 2.98. The van der Waals surface area contributed by atoms with Gasteiger partial charge in [0, 0.05) is 18.2 Å². The predicted molar refractivity (Wildman–Crippen MR) is 89.4 cm³/mol. The minimum absolute atomic E-state index is 0.0111. The maximum atomic E-state index is 12.9. The van der Waals surface area contributed by atoms with Crippen LogP contribution in [0, 0.1) is 17.6 Å². The Labute approximate surface area is 140 Å². The Kier molecular flexibility index (Phi) is 5.20. The van der Waals surface area contributed by atoms with E-state index in [0.29, 0.717) is 5.69 Å². The van der Waals surface area contributed by atoms with E-state index in [9.17, 15) is 13.6 Å². The molecule has 1 aliphatic heterocycles. The Bertz CT molecular complexity index is 678. The van der Waals surface area contributed by atoms with E-state index < -0.39 is 0 Å². The number of likely N-dealkylation sites (tertiary alicyclic amines) is 1. The second kappa shape index (κ2) is 7.53. The smallest absolute Gasteiger partial charge is 0.227 e. The summed E-state index contributed by atoms with van der Waals surface area (Å²) in [7, 11) is 0. The average molecular weight is 330 g/mol. The van der Waals surface area contributed by atoms with Gasteiger partial charge in [0.15, 0.2) is 0 Å². The SMILES string of the molecule is O=C(Nc1ccc(F)cc1)C1CCN(Cc2ccc(F)cc2)CC1. The van der Waals surface area contributed by atoms with Crippen molar-refractivity contribution in [3.63, 3.8) is 0 Å². The summed E-state index contributed by atoms with van der Waals surface area (Å²) >= 11 is 0. The van der Waals surface area contributed by atoms with E-state index in [2.05, 4.69) is 10.2 Å². The molecule has 3 nitrogen and oxygen atoms in total. The molecule has 0 radical (unpaired) electrons. The van der Waals surface area contributed by atoms with Crippen molar-refractivity contribution < 1.29 is 13.6 Å². The number of hydrogen-bond acceptors (Lipinski definition) is 2. The Morgan fingerprint density at radius 3 is 2.08 bits per heavy atom. The normalized spacial score (nSPS) is 16.1. The second-order valence-corrected chi connectivity index (χ2v) is 6.17. The highest BCUT2D eigenvalue weighted by Gasteiger charge is 2.25. The molecule has 0 bridgehead atoms. The van der Waals surface area contributed by atoms with Crippen molar-refractivity contribution in [2.24, 2.45) is 5.92 Å². The molecule has 1 N–H and O–H groups in total. The van der Waals surface area contributed by atoms with Crippen LogP contribution < -0.4 is 5.32 Å². The Balaban J connectivity index is 1.48. The molecule has 1 aliphatic rings. The van der Waals surface area contributed by atoms with E-state index in [1.54, 1.807) is 24.3 Å². The Morgan fingerprint density at radius 1 is 0.958 bits per heavy atom. The first-order chi connectivity index (χ1) is 11.6. The molecule has 2 aromatic carbocycles. The van der Waals surface area contributed by atoms with Crippen molar-refractivity contribution in [1.29, 1.82) is 0 Å². The molecular weight excluding hydrogens is 310 g/mol. The summed E-state index contributed by atoms with van der Waals surface area (Å²) in [4.78, 5) is 14.6. The van der Waals surface area contributed by atoms with Crippen LogP contribution in [0.2, 0.25) is 0 Å². The summed E-state index contributed by atoms with van der Waals surface area (Å²) in [5, 5.41) is 2.84. The van der Waals surface area contributed by atoms with E-state index in [-0.39, 0.29) is 23.5 Å². The standard InChI is InChI=1S/C19H20F2N2O/c20-16-3-1-14(2-4-16)13-23-11-9-15(10-12-23)19(24)22-18-7-5-17(21)6-8-18/h1-8,15H,9-13H2,(H,22,24). The van der Waals surface area contributed by atoms with Crippen LogP contribution in [-0.2, 0) is 11.3 Å². The number of hydrogen-bond donors (Lipinski definition) is 1. The van der Waals surface area contributed by atoms with Crippen LogP contribution in [0.25, 0.3) is 0 Å². The number of carbonyl (C=O) groups excluding carboxylic acids is 1. The van der Waals surface area contributed by atoms with Gasteiger partial charge in [0.25, 0.3) is 0 Å². The first-order valence-electron chi connectivity index (χ1n) is 8.13. The first-order valence-corrected chi connectivity index (χ1v) is 8.13. The van der Waals surface area contributed by atoms with Gasteiger partial charge in [0.2, 0.25) is 5.91 Å². The summed E-state index contributed by atoms with van der Waals surface area (Å²) in [6, 6.07) is 12.3. The summed E-state index contributed by atoms with van der Waals surface area (Å²) < 4.78 is 25.8. The fraction of sp³-hybridized carbons (Fsp3) is 0.316. The van der Waals surface area contributed by atoms with Gasteiger partial charge in [-0.3, -0.25) is 9.69 Å². The molecule has 0 aromatic heterocycles. The lowest BCUT2D eigenvalue weighted by molar-refractivity contribution is -0.121. The van der Waals surface area contributed by atoms with Gasteiger partial charge in [0.05, 0.1) is 0 Å². The van der Waals surface area contributed by atoms with Crippen molar-refractivity contribution in [3.05, 3.63) is 65.7 Å². The number of halogens is 2. The minimum atomic E-state index is -0.317. The lowest BCUT2D eigenvalue weighted by Crippen LogP contribution is -2.37. The third kappa shape index (κ3) is 4.38. The van der Waals surface area contributed by atoms with Crippen LogP contribution in [0.5, 0.6) is 0 Å². The highest BCUT2D eigenvalue weighted by atomic mass is 19.1. The lowest BCUT2D eigenvalue weighted by atomic mass is 9.95. The van der Waals surface area contributed by atoms with Crippen LogP contribution in [0.3, 0.4) is 0 Å². The molecule has 0 unspecified atom stereocenters. The van der Waals surface area contributed by atoms with E-state index in [1.807, 2.05) is 0 Å². The zero-order chi connectivity index (χ0) is 16.9. The third-order valence-corrected chi connectivity index (χ3v) is 4.39. The van der Waals surface area contributed by atoms with Crippen LogP contribution in [0.1, 0.15) is 18.4 Å². The van der Waals surface area contributed by atoms with Crippen LogP contribution in [0.4, 0.5) is 14.5 Å². The summed E-state index contributed by atoms with van der Waals surface area (Å²) in [5.41, 5.74) is 1.70. The number of carbonyl (C=O) groups is 1. The van der Waals surface area contributed by atoms with Crippen LogP contribution >= 0.6 is 0 Å².